The van der Waals surface area contributed by atoms with E-state index in [9.17, 15) is 4.79 Å². The number of carbonyl (C=O) groups is 1. The zero-order chi connectivity index (χ0) is 22.3. The number of nitrogen functional groups attached to an aromatic ring is 1. The molecule has 164 valence electrons. The van der Waals surface area contributed by atoms with Gasteiger partial charge in [0.1, 0.15) is 5.82 Å². The quantitative estimate of drug-likeness (QED) is 0.250. The van der Waals surface area contributed by atoms with Crippen LogP contribution in [0.4, 0.5) is 11.5 Å². The van der Waals surface area contributed by atoms with Gasteiger partial charge in [-0.2, -0.15) is 21.0 Å². The summed E-state index contributed by atoms with van der Waals surface area (Å²) in [6, 6.07) is 11.6. The molecule has 3 aromatic heterocycles. The van der Waals surface area contributed by atoms with Crippen LogP contribution in [0, 0.1) is 0 Å². The molecule has 0 saturated heterocycles. The number of unbranched alkanes of at least 4 members (excludes halogenated alkanes) is 1. The number of nitrogens with one attached hydrogen (secondary N) is 2. The Balaban J connectivity index is 1.38. The van der Waals surface area contributed by atoms with Gasteiger partial charge in [-0.3, -0.25) is 4.79 Å². The summed E-state index contributed by atoms with van der Waals surface area (Å²) in [6.07, 6.45) is 5.72. The highest BCUT2D eigenvalue weighted by Crippen LogP contribution is 2.28. The Morgan fingerprint density at radius 2 is 2.06 bits per heavy atom. The molecule has 0 bridgehead atoms. The first-order chi connectivity index (χ1) is 15.7. The summed E-state index contributed by atoms with van der Waals surface area (Å²) in [5.41, 5.74) is 11.2. The van der Waals surface area contributed by atoms with Gasteiger partial charge in [-0.05, 0) is 41.3 Å². The first-order valence-electron chi connectivity index (χ1n) is 10.5. The minimum absolute atomic E-state index is 0.0609. The summed E-state index contributed by atoms with van der Waals surface area (Å²) < 4.78 is 1.78. The number of fused-ring (bicyclic) bond motifs is 1. The zero-order valence-electron chi connectivity index (χ0n) is 17.8. The molecule has 32 heavy (non-hydrogen) atoms. The number of aromatic nitrogens is 3. The van der Waals surface area contributed by atoms with Gasteiger partial charge in [0.05, 0.1) is 18.3 Å². The summed E-state index contributed by atoms with van der Waals surface area (Å²) in [4.78, 5) is 16.8. The average molecular weight is 447 g/mol. The van der Waals surface area contributed by atoms with E-state index in [0.29, 0.717) is 18.7 Å². The zero-order valence-corrected chi connectivity index (χ0v) is 18.6. The van der Waals surface area contributed by atoms with Crippen molar-refractivity contribution < 1.29 is 4.79 Å². The third-order valence-electron chi connectivity index (χ3n) is 5.13. The molecule has 4 N–H and O–H groups in total. The molecule has 0 aliphatic heterocycles. The number of rotatable bonds is 10. The first-order valence-corrected chi connectivity index (χ1v) is 11.5. The van der Waals surface area contributed by atoms with Crippen LogP contribution in [-0.2, 0) is 11.2 Å². The van der Waals surface area contributed by atoms with Gasteiger partial charge in [0, 0.05) is 36.0 Å². The number of amides is 1. The van der Waals surface area contributed by atoms with Crippen LogP contribution in [0.25, 0.3) is 23.0 Å². The predicted molar refractivity (Wildman–Crippen MR) is 132 cm³/mol. The maximum atomic E-state index is 12.0. The predicted octanol–water partition coefficient (Wildman–Crippen LogP) is 4.23. The van der Waals surface area contributed by atoms with E-state index in [-0.39, 0.29) is 5.91 Å². The fourth-order valence-corrected chi connectivity index (χ4v) is 4.12. The van der Waals surface area contributed by atoms with Crippen molar-refractivity contribution in [1.29, 1.82) is 0 Å². The Morgan fingerprint density at radius 3 is 2.84 bits per heavy atom. The normalized spacial score (nSPS) is 10.9. The number of hydrogen-bond acceptors (Lipinski definition) is 6. The number of hydrogen-bond donors (Lipinski definition) is 3. The van der Waals surface area contributed by atoms with Crippen LogP contribution in [0.3, 0.4) is 0 Å². The van der Waals surface area contributed by atoms with Crippen molar-refractivity contribution in [3.8, 4) is 11.3 Å². The first kappa shape index (κ1) is 21.6. The van der Waals surface area contributed by atoms with Crippen LogP contribution in [0.1, 0.15) is 24.0 Å². The number of carbonyl (C=O) groups excluding carboxylic acids is 1. The maximum absolute atomic E-state index is 12.0. The number of thiophene rings is 1. The molecule has 0 spiro atoms. The standard InChI is InChI=1S/C24H26N6OS/c1-2-18-15-28-30-22(14-21(29-24(18)30)19-7-3-4-8-20(19)25)26-10-5-6-11-27-23(31)13-17-9-12-32-16-17/h2-4,7-9,12,14-16,26H,1,5-6,10-11,13,25H2,(H,27,31). The van der Waals surface area contributed by atoms with Crippen LogP contribution < -0.4 is 16.4 Å². The van der Waals surface area contributed by atoms with Gasteiger partial charge in [-0.25, -0.2) is 4.98 Å². The van der Waals surface area contributed by atoms with Crippen LogP contribution in [0.2, 0.25) is 0 Å². The van der Waals surface area contributed by atoms with E-state index < -0.39 is 0 Å². The van der Waals surface area contributed by atoms with Gasteiger partial charge < -0.3 is 16.4 Å². The largest absolute Gasteiger partial charge is 0.398 e. The van der Waals surface area contributed by atoms with Crippen LogP contribution in [0.15, 0.2) is 59.9 Å². The molecule has 4 rings (SSSR count). The summed E-state index contributed by atoms with van der Waals surface area (Å²) in [6.45, 7) is 5.26. The number of para-hydroxylation sites is 1. The van der Waals surface area contributed by atoms with Crippen molar-refractivity contribution >= 4 is 40.5 Å². The van der Waals surface area contributed by atoms with Gasteiger partial charge in [0.2, 0.25) is 5.91 Å². The second kappa shape index (κ2) is 10.1. The Bertz CT molecular complexity index is 1210. The molecule has 1 amide bonds. The highest BCUT2D eigenvalue weighted by Gasteiger charge is 2.12. The molecule has 8 heteroatoms. The number of anilines is 2. The molecule has 0 unspecified atom stereocenters. The van der Waals surface area contributed by atoms with E-state index >= 15 is 0 Å². The third-order valence-corrected chi connectivity index (χ3v) is 5.86. The Morgan fingerprint density at radius 1 is 1.22 bits per heavy atom. The van der Waals surface area contributed by atoms with E-state index in [4.69, 9.17) is 10.7 Å². The molecule has 1 aromatic carbocycles. The Labute approximate surface area is 191 Å². The number of nitrogens with zero attached hydrogens (tertiary/aromatic N) is 3. The van der Waals surface area contributed by atoms with Crippen LogP contribution in [0.5, 0.6) is 0 Å². The lowest BCUT2D eigenvalue weighted by Gasteiger charge is -2.12. The fourth-order valence-electron chi connectivity index (χ4n) is 3.45. The minimum atomic E-state index is 0.0609. The van der Waals surface area contributed by atoms with E-state index in [1.54, 1.807) is 28.1 Å². The molecule has 0 fully saturated rings. The summed E-state index contributed by atoms with van der Waals surface area (Å²) in [5.74, 6) is 0.897. The lowest BCUT2D eigenvalue weighted by Crippen LogP contribution is -2.26. The number of nitrogens with two attached hydrogens (primary N) is 1. The van der Waals surface area contributed by atoms with E-state index in [1.165, 1.54) is 0 Å². The van der Waals surface area contributed by atoms with Gasteiger partial charge >= 0.3 is 0 Å². The van der Waals surface area contributed by atoms with Crippen molar-refractivity contribution in [3.05, 3.63) is 71.1 Å². The van der Waals surface area contributed by atoms with Crippen molar-refractivity contribution in [1.82, 2.24) is 19.9 Å². The molecular formula is C24H26N6OS. The van der Waals surface area contributed by atoms with Crippen molar-refractivity contribution in [2.75, 3.05) is 24.1 Å². The summed E-state index contributed by atoms with van der Waals surface area (Å²) >= 11 is 1.61. The second-order valence-corrected chi connectivity index (χ2v) is 8.23. The van der Waals surface area contributed by atoms with Crippen molar-refractivity contribution in [2.24, 2.45) is 0 Å². The van der Waals surface area contributed by atoms with Gasteiger partial charge in [-0.1, -0.05) is 30.9 Å². The van der Waals surface area contributed by atoms with E-state index in [0.717, 1.165) is 53.2 Å². The molecular weight excluding hydrogens is 420 g/mol. The number of benzene rings is 1. The molecule has 7 nitrogen and oxygen atoms in total. The monoisotopic (exact) mass is 446 g/mol. The second-order valence-electron chi connectivity index (χ2n) is 7.45. The molecule has 0 atom stereocenters. The van der Waals surface area contributed by atoms with Crippen molar-refractivity contribution in [2.45, 2.75) is 19.3 Å². The highest BCUT2D eigenvalue weighted by atomic mass is 32.1. The highest BCUT2D eigenvalue weighted by molar-refractivity contribution is 7.08. The Hall–Kier alpha value is -3.65. The van der Waals surface area contributed by atoms with E-state index in [1.807, 2.05) is 47.2 Å². The molecule has 0 aliphatic rings. The summed E-state index contributed by atoms with van der Waals surface area (Å²) in [7, 11) is 0. The molecule has 4 aromatic rings. The lowest BCUT2D eigenvalue weighted by molar-refractivity contribution is -0.120. The Kier molecular flexibility index (Phi) is 6.81. The SMILES string of the molecule is C=Cc1cnn2c(NCCCCNC(=O)Cc3ccsc3)cc(-c3ccccc3N)nc12. The van der Waals surface area contributed by atoms with Gasteiger partial charge in [0.25, 0.3) is 0 Å². The van der Waals surface area contributed by atoms with Crippen LogP contribution in [-0.4, -0.2) is 33.6 Å². The molecule has 0 aliphatic carbocycles. The topological polar surface area (TPSA) is 97.3 Å². The molecule has 0 radical (unpaired) electrons. The smallest absolute Gasteiger partial charge is 0.224 e. The van der Waals surface area contributed by atoms with Crippen LogP contribution >= 0.6 is 11.3 Å². The fraction of sp³-hybridized carbons (Fsp3) is 0.208. The van der Waals surface area contributed by atoms with Crippen molar-refractivity contribution in [3.63, 3.8) is 0 Å². The molecule has 3 heterocycles. The third kappa shape index (κ3) is 4.97. The van der Waals surface area contributed by atoms with Gasteiger partial charge in [-0.15, -0.1) is 0 Å². The average Bonchev–Trinajstić information content (AvgIpc) is 3.45. The minimum Gasteiger partial charge on any atom is -0.398 e. The lowest BCUT2D eigenvalue weighted by atomic mass is 10.1. The maximum Gasteiger partial charge on any atom is 0.224 e. The summed E-state index contributed by atoms with van der Waals surface area (Å²) in [5, 5.41) is 14.9. The molecule has 0 saturated carbocycles. The van der Waals surface area contributed by atoms with Gasteiger partial charge in [0.15, 0.2) is 5.65 Å². The van der Waals surface area contributed by atoms with E-state index in [2.05, 4.69) is 22.3 Å².